The van der Waals surface area contributed by atoms with Crippen molar-refractivity contribution in [3.63, 3.8) is 0 Å². The molecule has 29 heavy (non-hydrogen) atoms. The lowest BCUT2D eigenvalue weighted by Gasteiger charge is -2.46. The summed E-state index contributed by atoms with van der Waals surface area (Å²) < 4.78 is 25.3. The minimum Gasteiger partial charge on any atom is -0.387 e. The van der Waals surface area contributed by atoms with Gasteiger partial charge in [0.15, 0.2) is 23.0 Å². The molecule has 0 aromatic rings. The lowest BCUT2D eigenvalue weighted by atomic mass is 9.72. The van der Waals surface area contributed by atoms with Crippen LogP contribution in [0, 0.1) is 0 Å². The number of fused-ring (bicyclic) bond motifs is 2. The van der Waals surface area contributed by atoms with E-state index in [-0.39, 0.29) is 12.2 Å². The van der Waals surface area contributed by atoms with E-state index in [1.165, 1.54) is 0 Å². The van der Waals surface area contributed by atoms with Gasteiger partial charge >= 0.3 is 0 Å². The van der Waals surface area contributed by atoms with Crippen LogP contribution >= 0.6 is 0 Å². The average Bonchev–Trinajstić information content (AvgIpc) is 3.28. The smallest absolute Gasteiger partial charge is 0.180 e. The maximum Gasteiger partial charge on any atom is 0.180 e. The second kappa shape index (κ2) is 7.24. The van der Waals surface area contributed by atoms with Crippen LogP contribution in [0.2, 0.25) is 0 Å². The van der Waals surface area contributed by atoms with Gasteiger partial charge in [0.25, 0.3) is 0 Å². The first-order valence-electron chi connectivity index (χ1n) is 11.6. The van der Waals surface area contributed by atoms with Crippen LogP contribution < -0.4 is 0 Å². The molecule has 0 amide bonds. The Labute approximate surface area is 172 Å². The predicted octanol–water partition coefficient (Wildman–Crippen LogP) is 2.35. The molecule has 3 aliphatic carbocycles. The van der Waals surface area contributed by atoms with Crippen molar-refractivity contribution >= 4 is 5.78 Å². The number of hydrogen-bond donors (Lipinski definition) is 2. The number of ketones is 1. The standard InChI is InChI=1S/C22H34O7/c1-2-9-14(23)22(25)18-16(26-20(28-18)10-5-3-6-11-20)15(24)17-19(22)29-21(27-17)12-7-4-8-13-21/h15-19,24-25H,2-13H2,1H3/t15?,16-,17-,18-,19+,22?/m0/s1. The van der Waals surface area contributed by atoms with Crippen molar-refractivity contribution in [1.82, 2.24) is 0 Å². The van der Waals surface area contributed by atoms with Crippen LogP contribution in [0.4, 0.5) is 0 Å². The van der Waals surface area contributed by atoms with Gasteiger partial charge in [0, 0.05) is 32.1 Å². The molecule has 0 aromatic carbocycles. The van der Waals surface area contributed by atoms with Crippen LogP contribution in [0.15, 0.2) is 0 Å². The normalized spacial score (nSPS) is 45.3. The maximum absolute atomic E-state index is 13.3. The Morgan fingerprint density at radius 1 is 0.828 bits per heavy atom. The largest absolute Gasteiger partial charge is 0.387 e. The van der Waals surface area contributed by atoms with E-state index < -0.39 is 47.7 Å². The van der Waals surface area contributed by atoms with E-state index in [1.807, 2.05) is 6.92 Å². The van der Waals surface area contributed by atoms with Crippen molar-refractivity contribution in [1.29, 1.82) is 0 Å². The van der Waals surface area contributed by atoms with E-state index in [4.69, 9.17) is 18.9 Å². The maximum atomic E-state index is 13.3. The van der Waals surface area contributed by atoms with E-state index in [0.717, 1.165) is 38.5 Å². The van der Waals surface area contributed by atoms with Crippen LogP contribution in [-0.4, -0.2) is 63.7 Å². The average molecular weight is 411 g/mol. The predicted molar refractivity (Wildman–Crippen MR) is 102 cm³/mol. The van der Waals surface area contributed by atoms with Gasteiger partial charge in [0.2, 0.25) is 0 Å². The van der Waals surface area contributed by atoms with Crippen molar-refractivity contribution < 1.29 is 34.0 Å². The van der Waals surface area contributed by atoms with E-state index >= 15 is 0 Å². The molecule has 5 rings (SSSR count). The molecule has 7 nitrogen and oxygen atoms in total. The van der Waals surface area contributed by atoms with Gasteiger partial charge in [-0.15, -0.1) is 0 Å². The van der Waals surface area contributed by atoms with Crippen LogP contribution in [0.25, 0.3) is 0 Å². The second-order valence-electron chi connectivity index (χ2n) is 9.67. The van der Waals surface area contributed by atoms with Crippen molar-refractivity contribution in [3.05, 3.63) is 0 Å². The number of carbonyl (C=O) groups is 1. The van der Waals surface area contributed by atoms with Gasteiger partial charge in [-0.1, -0.05) is 19.8 Å². The lowest BCUT2D eigenvalue weighted by molar-refractivity contribution is -0.237. The van der Waals surface area contributed by atoms with Gasteiger partial charge in [-0.25, -0.2) is 0 Å². The van der Waals surface area contributed by atoms with E-state index in [9.17, 15) is 15.0 Å². The van der Waals surface area contributed by atoms with Crippen molar-refractivity contribution in [2.75, 3.05) is 0 Å². The number of ether oxygens (including phenoxy) is 4. The quantitative estimate of drug-likeness (QED) is 0.737. The fraction of sp³-hybridized carbons (Fsp3) is 0.955. The molecule has 2 N–H and O–H groups in total. The first kappa shape index (κ1) is 20.3. The van der Waals surface area contributed by atoms with Gasteiger partial charge in [-0.05, 0) is 32.1 Å². The number of rotatable bonds is 3. The summed E-state index contributed by atoms with van der Waals surface area (Å²) in [4.78, 5) is 13.3. The summed E-state index contributed by atoms with van der Waals surface area (Å²) in [6.07, 6.45) is 5.39. The Hall–Kier alpha value is -0.570. The van der Waals surface area contributed by atoms with Gasteiger partial charge in [-0.3, -0.25) is 4.79 Å². The van der Waals surface area contributed by atoms with Gasteiger partial charge < -0.3 is 29.2 Å². The molecule has 164 valence electrons. The molecule has 2 saturated heterocycles. The summed E-state index contributed by atoms with van der Waals surface area (Å²) in [6.45, 7) is 1.91. The van der Waals surface area contributed by atoms with Gasteiger partial charge in [0.05, 0.1) is 0 Å². The van der Waals surface area contributed by atoms with Gasteiger partial charge in [0.1, 0.15) is 30.5 Å². The first-order valence-corrected chi connectivity index (χ1v) is 11.6. The Balaban J connectivity index is 1.51. The molecule has 5 fully saturated rings. The summed E-state index contributed by atoms with van der Waals surface area (Å²) in [5.41, 5.74) is -1.87. The number of aliphatic hydroxyl groups is 2. The summed E-state index contributed by atoms with van der Waals surface area (Å²) in [5.74, 6) is -1.95. The first-order chi connectivity index (χ1) is 13.9. The molecule has 6 atom stereocenters. The minimum atomic E-state index is -1.87. The number of aliphatic hydroxyl groups excluding tert-OH is 1. The molecular weight excluding hydrogens is 376 g/mol. The third kappa shape index (κ3) is 3.04. The zero-order valence-electron chi connectivity index (χ0n) is 17.3. The summed E-state index contributed by atoms with van der Waals surface area (Å²) in [7, 11) is 0. The Bertz CT molecular complexity index is 595. The number of hydrogen-bond acceptors (Lipinski definition) is 7. The highest BCUT2D eigenvalue weighted by atomic mass is 16.8. The monoisotopic (exact) mass is 410 g/mol. The Kier molecular flexibility index (Phi) is 5.08. The summed E-state index contributed by atoms with van der Waals surface area (Å²) in [6, 6.07) is 0. The highest BCUT2D eigenvalue weighted by Gasteiger charge is 2.73. The summed E-state index contributed by atoms with van der Waals surface area (Å²) >= 11 is 0. The molecule has 2 aliphatic heterocycles. The van der Waals surface area contributed by atoms with Crippen molar-refractivity contribution in [2.24, 2.45) is 0 Å². The lowest BCUT2D eigenvalue weighted by Crippen LogP contribution is -2.72. The van der Waals surface area contributed by atoms with Crippen molar-refractivity contribution in [3.8, 4) is 0 Å². The highest BCUT2D eigenvalue weighted by molar-refractivity contribution is 5.89. The molecule has 0 bridgehead atoms. The van der Waals surface area contributed by atoms with Crippen LogP contribution in [0.1, 0.15) is 84.0 Å². The van der Waals surface area contributed by atoms with Crippen LogP contribution in [-0.2, 0) is 23.7 Å². The third-order valence-electron chi connectivity index (χ3n) is 7.68. The molecule has 2 spiro atoms. The molecule has 7 heteroatoms. The molecule has 3 saturated carbocycles. The fourth-order valence-corrected chi connectivity index (χ4v) is 6.20. The van der Waals surface area contributed by atoms with Crippen LogP contribution in [0.5, 0.6) is 0 Å². The Morgan fingerprint density at radius 2 is 1.28 bits per heavy atom. The highest BCUT2D eigenvalue weighted by Crippen LogP contribution is 2.54. The van der Waals surface area contributed by atoms with E-state index in [1.54, 1.807) is 0 Å². The second-order valence-corrected chi connectivity index (χ2v) is 9.67. The number of Topliss-reactive ketones (excluding diaryl/α,β-unsaturated/α-hetero) is 1. The van der Waals surface area contributed by atoms with E-state index in [2.05, 4.69) is 0 Å². The zero-order valence-corrected chi connectivity index (χ0v) is 17.3. The number of carbonyl (C=O) groups excluding carboxylic acids is 1. The molecule has 2 unspecified atom stereocenters. The molecular formula is C22H34O7. The zero-order chi connectivity index (χ0) is 20.3. The molecule has 0 aromatic heterocycles. The van der Waals surface area contributed by atoms with Crippen LogP contribution in [0.3, 0.4) is 0 Å². The van der Waals surface area contributed by atoms with Crippen molar-refractivity contribution in [2.45, 2.75) is 132 Å². The van der Waals surface area contributed by atoms with Gasteiger partial charge in [-0.2, -0.15) is 0 Å². The summed E-state index contributed by atoms with van der Waals surface area (Å²) in [5, 5.41) is 23.1. The fourth-order valence-electron chi connectivity index (χ4n) is 6.20. The molecule has 2 heterocycles. The molecule has 5 aliphatic rings. The molecule has 0 radical (unpaired) electrons. The van der Waals surface area contributed by atoms with E-state index in [0.29, 0.717) is 32.1 Å². The SMILES string of the molecule is CCCC(=O)C1(O)[C@@H]2OC3(CCCCC3)O[C@H]2C(O)[C@@H]2OC3(CCCCC3)O[C@@H]21. The Morgan fingerprint density at radius 3 is 1.69 bits per heavy atom. The minimum absolute atomic E-state index is 0.228. The third-order valence-corrected chi connectivity index (χ3v) is 7.68. The topological polar surface area (TPSA) is 94.5 Å².